The molecule has 0 aliphatic heterocycles. The molecule has 0 spiro atoms. The number of nitrogens with one attached hydrogen (secondary N) is 1. The first-order chi connectivity index (χ1) is 14.2. The molecule has 0 aliphatic carbocycles. The van der Waals surface area contributed by atoms with E-state index in [1.54, 1.807) is 0 Å². The Bertz CT molecular complexity index is 312. The standard InChI is InChI=1S/C27H55NO/c1-4-7-10-13-16-19-22-25-27(29)28-26(23-20-17-14-11-8-5-2)24-21-18-15-12-9-6-3/h26H,4-25H2,1-3H3,(H,28,29). The Labute approximate surface area is 184 Å². The monoisotopic (exact) mass is 409 g/mol. The van der Waals surface area contributed by atoms with Crippen molar-refractivity contribution >= 4 is 5.91 Å². The van der Waals surface area contributed by atoms with Crippen molar-refractivity contribution in [1.29, 1.82) is 0 Å². The van der Waals surface area contributed by atoms with Gasteiger partial charge in [-0.3, -0.25) is 4.79 Å². The van der Waals surface area contributed by atoms with E-state index >= 15 is 0 Å². The second-order valence-electron chi connectivity index (χ2n) is 9.25. The molecular weight excluding hydrogens is 354 g/mol. The van der Waals surface area contributed by atoms with E-state index in [9.17, 15) is 4.79 Å². The van der Waals surface area contributed by atoms with Gasteiger partial charge in [0.15, 0.2) is 0 Å². The molecule has 0 saturated carbocycles. The Balaban J connectivity index is 3.98. The summed E-state index contributed by atoms with van der Waals surface area (Å²) in [6.45, 7) is 6.81. The van der Waals surface area contributed by atoms with E-state index in [4.69, 9.17) is 0 Å². The highest BCUT2D eigenvalue weighted by molar-refractivity contribution is 5.76. The summed E-state index contributed by atoms with van der Waals surface area (Å²) in [5.74, 6) is 0.306. The second-order valence-corrected chi connectivity index (χ2v) is 9.25. The number of hydrogen-bond acceptors (Lipinski definition) is 1. The summed E-state index contributed by atoms with van der Waals surface area (Å²) in [4.78, 5) is 12.4. The fraction of sp³-hybridized carbons (Fsp3) is 0.963. The quantitative estimate of drug-likeness (QED) is 0.167. The lowest BCUT2D eigenvalue weighted by atomic mass is 9.99. The minimum Gasteiger partial charge on any atom is -0.353 e. The molecule has 29 heavy (non-hydrogen) atoms. The number of amides is 1. The molecule has 0 aromatic rings. The summed E-state index contributed by atoms with van der Waals surface area (Å²) < 4.78 is 0. The molecular formula is C27H55NO. The van der Waals surface area contributed by atoms with Gasteiger partial charge in [-0.25, -0.2) is 0 Å². The summed E-state index contributed by atoms with van der Waals surface area (Å²) in [6.07, 6.45) is 28.1. The van der Waals surface area contributed by atoms with Crippen molar-refractivity contribution < 1.29 is 4.79 Å². The molecule has 0 saturated heterocycles. The molecule has 0 rings (SSSR count). The van der Waals surface area contributed by atoms with Crippen LogP contribution in [0.5, 0.6) is 0 Å². The van der Waals surface area contributed by atoms with Crippen LogP contribution in [0.4, 0.5) is 0 Å². The predicted octanol–water partition coefficient (Wildman–Crippen LogP) is 9.11. The summed E-state index contributed by atoms with van der Waals surface area (Å²) in [6, 6.07) is 0.421. The van der Waals surface area contributed by atoms with Crippen molar-refractivity contribution in [3.05, 3.63) is 0 Å². The Morgan fingerprint density at radius 1 is 0.517 bits per heavy atom. The van der Waals surface area contributed by atoms with Crippen LogP contribution in [-0.2, 0) is 4.79 Å². The number of carbonyl (C=O) groups excluding carboxylic acids is 1. The van der Waals surface area contributed by atoms with E-state index in [0.717, 1.165) is 12.8 Å². The Hall–Kier alpha value is -0.530. The highest BCUT2D eigenvalue weighted by Gasteiger charge is 2.12. The van der Waals surface area contributed by atoms with Gasteiger partial charge in [0.1, 0.15) is 0 Å². The third-order valence-electron chi connectivity index (χ3n) is 6.18. The van der Waals surface area contributed by atoms with Crippen LogP contribution in [0.1, 0.15) is 162 Å². The smallest absolute Gasteiger partial charge is 0.220 e. The predicted molar refractivity (Wildman–Crippen MR) is 131 cm³/mol. The SMILES string of the molecule is CCCCCCCCCC(=O)NC(CCCCCCCC)CCCCCCCC. The van der Waals surface area contributed by atoms with E-state index in [1.165, 1.54) is 128 Å². The molecule has 0 aromatic heterocycles. The van der Waals surface area contributed by atoms with Gasteiger partial charge in [-0.1, -0.05) is 136 Å². The van der Waals surface area contributed by atoms with Gasteiger partial charge in [-0.05, 0) is 19.3 Å². The molecule has 2 heteroatoms. The zero-order valence-electron chi connectivity index (χ0n) is 20.5. The molecule has 0 atom stereocenters. The molecule has 2 nitrogen and oxygen atoms in total. The van der Waals surface area contributed by atoms with Gasteiger partial charge in [0, 0.05) is 12.5 Å². The lowest BCUT2D eigenvalue weighted by molar-refractivity contribution is -0.122. The van der Waals surface area contributed by atoms with Crippen LogP contribution in [-0.4, -0.2) is 11.9 Å². The van der Waals surface area contributed by atoms with Crippen LogP contribution in [0.15, 0.2) is 0 Å². The molecule has 0 aliphatic rings. The third kappa shape index (κ3) is 22.0. The zero-order valence-corrected chi connectivity index (χ0v) is 20.5. The van der Waals surface area contributed by atoms with Gasteiger partial charge in [0.05, 0.1) is 0 Å². The van der Waals surface area contributed by atoms with Crippen molar-refractivity contribution in [3.63, 3.8) is 0 Å². The summed E-state index contributed by atoms with van der Waals surface area (Å²) in [5.41, 5.74) is 0. The van der Waals surface area contributed by atoms with Crippen molar-refractivity contribution in [2.45, 2.75) is 168 Å². The van der Waals surface area contributed by atoms with Crippen LogP contribution in [0.2, 0.25) is 0 Å². The van der Waals surface area contributed by atoms with Gasteiger partial charge in [-0.2, -0.15) is 0 Å². The van der Waals surface area contributed by atoms with E-state index < -0.39 is 0 Å². The molecule has 174 valence electrons. The van der Waals surface area contributed by atoms with Gasteiger partial charge in [0.25, 0.3) is 0 Å². The van der Waals surface area contributed by atoms with E-state index in [2.05, 4.69) is 26.1 Å². The molecule has 0 bridgehead atoms. The Morgan fingerprint density at radius 2 is 0.862 bits per heavy atom. The van der Waals surface area contributed by atoms with Crippen molar-refractivity contribution in [2.24, 2.45) is 0 Å². The van der Waals surface area contributed by atoms with E-state index in [0.29, 0.717) is 11.9 Å². The van der Waals surface area contributed by atoms with Crippen molar-refractivity contribution in [1.82, 2.24) is 5.32 Å². The Kier molecular flexibility index (Phi) is 23.3. The molecule has 1 N–H and O–H groups in total. The molecule has 1 amide bonds. The van der Waals surface area contributed by atoms with Crippen LogP contribution in [0, 0.1) is 0 Å². The normalized spacial score (nSPS) is 11.3. The van der Waals surface area contributed by atoms with E-state index in [1.807, 2.05) is 0 Å². The molecule has 0 radical (unpaired) electrons. The van der Waals surface area contributed by atoms with Crippen LogP contribution >= 0.6 is 0 Å². The number of carbonyl (C=O) groups is 1. The number of rotatable bonds is 23. The maximum Gasteiger partial charge on any atom is 0.220 e. The second kappa shape index (κ2) is 23.7. The van der Waals surface area contributed by atoms with Crippen LogP contribution in [0.25, 0.3) is 0 Å². The summed E-state index contributed by atoms with van der Waals surface area (Å²) in [5, 5.41) is 3.39. The molecule has 0 aromatic carbocycles. The minimum atomic E-state index is 0.306. The third-order valence-corrected chi connectivity index (χ3v) is 6.18. The van der Waals surface area contributed by atoms with E-state index in [-0.39, 0.29) is 0 Å². The minimum absolute atomic E-state index is 0.306. The highest BCUT2D eigenvalue weighted by atomic mass is 16.1. The molecule has 0 unspecified atom stereocenters. The first-order valence-corrected chi connectivity index (χ1v) is 13.5. The lowest BCUT2D eigenvalue weighted by Crippen LogP contribution is -2.34. The maximum atomic E-state index is 12.4. The summed E-state index contributed by atoms with van der Waals surface area (Å²) in [7, 11) is 0. The number of hydrogen-bond donors (Lipinski definition) is 1. The fourth-order valence-electron chi connectivity index (χ4n) is 4.17. The van der Waals surface area contributed by atoms with Gasteiger partial charge >= 0.3 is 0 Å². The number of unbranched alkanes of at least 4 members (excludes halogenated alkanes) is 16. The highest BCUT2D eigenvalue weighted by Crippen LogP contribution is 2.15. The molecule has 0 heterocycles. The van der Waals surface area contributed by atoms with Gasteiger partial charge in [-0.15, -0.1) is 0 Å². The maximum absolute atomic E-state index is 12.4. The fourth-order valence-corrected chi connectivity index (χ4v) is 4.17. The van der Waals surface area contributed by atoms with Gasteiger partial charge < -0.3 is 5.32 Å². The largest absolute Gasteiger partial charge is 0.353 e. The average molecular weight is 410 g/mol. The lowest BCUT2D eigenvalue weighted by Gasteiger charge is -2.19. The Morgan fingerprint density at radius 3 is 1.28 bits per heavy atom. The van der Waals surface area contributed by atoms with Crippen LogP contribution < -0.4 is 5.32 Å². The topological polar surface area (TPSA) is 29.1 Å². The summed E-state index contributed by atoms with van der Waals surface area (Å²) >= 11 is 0. The zero-order chi connectivity index (χ0) is 21.4. The first-order valence-electron chi connectivity index (χ1n) is 13.5. The van der Waals surface area contributed by atoms with Crippen LogP contribution in [0.3, 0.4) is 0 Å². The van der Waals surface area contributed by atoms with Crippen molar-refractivity contribution in [3.8, 4) is 0 Å². The van der Waals surface area contributed by atoms with Gasteiger partial charge in [0.2, 0.25) is 5.91 Å². The van der Waals surface area contributed by atoms with Crippen molar-refractivity contribution in [2.75, 3.05) is 0 Å². The molecule has 0 fully saturated rings. The average Bonchev–Trinajstić information content (AvgIpc) is 2.72. The first kappa shape index (κ1) is 28.5.